The van der Waals surface area contributed by atoms with Crippen LogP contribution in [0.3, 0.4) is 0 Å². The molecular weight excluding hydrogens is 261 g/mol. The van der Waals surface area contributed by atoms with Crippen molar-refractivity contribution in [2.45, 2.75) is 39.3 Å². The molecule has 0 aromatic carbocycles. The quantitative estimate of drug-likeness (QED) is 0.569. The minimum Gasteiger partial charge on any atom is -0.298 e. The third-order valence-corrected chi connectivity index (χ3v) is 14.2. The Balaban J connectivity index is 5.43. The molecule has 0 aromatic rings. The third-order valence-electron chi connectivity index (χ3n) is 2.26. The Labute approximate surface area is 112 Å². The molecule has 0 aliphatic carbocycles. The Morgan fingerprint density at radius 1 is 0.706 bits per heavy atom. The third kappa shape index (κ3) is 5.77. The summed E-state index contributed by atoms with van der Waals surface area (Å²) in [6, 6.07) is 0. The number of hydrogen-bond acceptors (Lipinski definition) is 1. The first-order valence-electron chi connectivity index (χ1n) is 6.11. The fraction of sp³-hybridized carbons (Fsp3) is 0.909. The van der Waals surface area contributed by atoms with Crippen molar-refractivity contribution in [2.75, 3.05) is 28.2 Å². The van der Waals surface area contributed by atoms with Gasteiger partial charge in [-0.2, -0.15) is 0 Å². The van der Waals surface area contributed by atoms with Crippen LogP contribution >= 0.6 is 8.35 Å². The Bertz CT molecular complexity index is 253. The maximum Gasteiger partial charge on any atom is 0.121 e. The average Bonchev–Trinajstić information content (AvgIpc) is 1.96. The minimum atomic E-state index is -1.27. The average molecular weight is 292 g/mol. The Hall–Kier alpha value is 0.484. The molecule has 0 radical (unpaired) electrons. The maximum atomic E-state index is 2.79. The van der Waals surface area contributed by atoms with Gasteiger partial charge in [0.05, 0.1) is 0 Å². The van der Waals surface area contributed by atoms with Crippen LogP contribution < -0.4 is 0 Å². The van der Waals surface area contributed by atoms with Gasteiger partial charge < -0.3 is 0 Å². The predicted octanol–water partition coefficient (Wildman–Crippen LogP) is 3.03. The van der Waals surface area contributed by atoms with E-state index in [9.17, 15) is 0 Å². The van der Waals surface area contributed by atoms with Gasteiger partial charge in [0.25, 0.3) is 0 Å². The van der Waals surface area contributed by atoms with Crippen molar-refractivity contribution in [3.8, 4) is 0 Å². The maximum absolute atomic E-state index is 2.79. The molecule has 102 valence electrons. The van der Waals surface area contributed by atoms with Crippen molar-refractivity contribution in [3.05, 3.63) is 0 Å². The summed E-state index contributed by atoms with van der Waals surface area (Å²) in [4.78, 5) is 4.46. The van der Waals surface area contributed by atoms with Crippen LogP contribution in [0.5, 0.6) is 0 Å². The van der Waals surface area contributed by atoms with Crippen LogP contribution in [-0.4, -0.2) is 64.0 Å². The molecule has 0 aromatic heterocycles. The van der Waals surface area contributed by atoms with Crippen molar-refractivity contribution in [1.82, 2.24) is 13.8 Å². The first-order valence-corrected chi connectivity index (χ1v) is 13.8. The van der Waals surface area contributed by atoms with Gasteiger partial charge in [0, 0.05) is 8.35 Å². The predicted molar refractivity (Wildman–Crippen MR) is 87.8 cm³/mol. The monoisotopic (exact) mass is 291 g/mol. The fourth-order valence-corrected chi connectivity index (χ4v) is 13.5. The molecule has 0 saturated heterocycles. The summed E-state index contributed by atoms with van der Waals surface area (Å²) >= 11 is 0. The second kappa shape index (κ2) is 6.09. The van der Waals surface area contributed by atoms with E-state index < -0.39 is 16.5 Å². The summed E-state index contributed by atoms with van der Waals surface area (Å²) in [5, 5.41) is 0. The molecular formula is C11H30N3PSi2. The van der Waals surface area contributed by atoms with E-state index in [4.69, 9.17) is 0 Å². The molecule has 6 heteroatoms. The zero-order chi connectivity index (χ0) is 14.0. The van der Waals surface area contributed by atoms with Gasteiger partial charge in [-0.3, -0.25) is 13.8 Å². The van der Waals surface area contributed by atoms with Gasteiger partial charge in [-0.25, -0.2) is 0 Å². The Morgan fingerprint density at radius 2 is 1.00 bits per heavy atom. The molecule has 0 rings (SSSR count). The standard InChI is InChI=1S/C11H30N3PSi2/c1-12(2)11(13(3)4)15-14(16(5,6)7)17(8,9)10/h1-10H3. The van der Waals surface area contributed by atoms with E-state index in [1.807, 2.05) is 0 Å². The van der Waals surface area contributed by atoms with Crippen LogP contribution in [0, 0.1) is 0 Å². The van der Waals surface area contributed by atoms with Crippen LogP contribution in [0.4, 0.5) is 0 Å². The lowest BCUT2D eigenvalue weighted by Gasteiger charge is -2.41. The SMILES string of the molecule is CN(C)C(=PN([Si](C)(C)C)[Si](C)(C)C)N(C)C. The molecule has 0 unspecified atom stereocenters. The minimum absolute atomic E-state index is 1.27. The second-order valence-electron chi connectivity index (χ2n) is 6.84. The van der Waals surface area contributed by atoms with Crippen LogP contribution in [0.1, 0.15) is 0 Å². The first kappa shape index (κ1) is 17.5. The molecule has 0 aliphatic heterocycles. The van der Waals surface area contributed by atoms with E-state index in [1.54, 1.807) is 0 Å². The van der Waals surface area contributed by atoms with Gasteiger partial charge in [0.15, 0.2) is 0 Å². The van der Waals surface area contributed by atoms with E-state index in [-0.39, 0.29) is 0 Å². The van der Waals surface area contributed by atoms with Crippen molar-refractivity contribution in [2.24, 2.45) is 0 Å². The van der Waals surface area contributed by atoms with Crippen LogP contribution in [0.15, 0.2) is 0 Å². The second-order valence-corrected chi connectivity index (χ2v) is 18.6. The van der Waals surface area contributed by atoms with Gasteiger partial charge >= 0.3 is 0 Å². The van der Waals surface area contributed by atoms with Gasteiger partial charge in [-0.15, -0.1) is 0 Å². The molecule has 0 N–H and O–H groups in total. The van der Waals surface area contributed by atoms with Crippen molar-refractivity contribution in [1.29, 1.82) is 0 Å². The smallest absolute Gasteiger partial charge is 0.121 e. The highest BCUT2D eigenvalue weighted by atomic mass is 31.1. The van der Waals surface area contributed by atoms with Crippen molar-refractivity contribution >= 4 is 30.4 Å². The molecule has 0 saturated carbocycles. The molecule has 0 amide bonds. The fourth-order valence-electron chi connectivity index (χ4n) is 1.97. The molecule has 0 heterocycles. The topological polar surface area (TPSA) is 9.72 Å². The molecule has 0 atom stereocenters. The summed E-state index contributed by atoms with van der Waals surface area (Å²) in [5.74, 6) is 0. The summed E-state index contributed by atoms with van der Waals surface area (Å²) in [5.41, 5.74) is 1.37. The zero-order valence-electron chi connectivity index (χ0n) is 13.3. The van der Waals surface area contributed by atoms with E-state index >= 15 is 0 Å². The summed E-state index contributed by atoms with van der Waals surface area (Å²) in [7, 11) is 7.37. The van der Waals surface area contributed by atoms with Crippen LogP contribution in [-0.2, 0) is 0 Å². The summed E-state index contributed by atoms with van der Waals surface area (Å²) in [6.45, 7) is 14.7. The van der Waals surface area contributed by atoms with E-state index in [0.29, 0.717) is 0 Å². The van der Waals surface area contributed by atoms with Crippen LogP contribution in [0.25, 0.3) is 0 Å². The lowest BCUT2D eigenvalue weighted by Crippen LogP contribution is -2.54. The molecule has 0 fully saturated rings. The summed E-state index contributed by atoms with van der Waals surface area (Å²) in [6.07, 6.45) is 0. The zero-order valence-corrected chi connectivity index (χ0v) is 16.2. The number of hydrogen-bond donors (Lipinski definition) is 0. The van der Waals surface area contributed by atoms with Gasteiger partial charge in [0.2, 0.25) is 0 Å². The lowest BCUT2D eigenvalue weighted by atomic mass is 10.8. The van der Waals surface area contributed by atoms with Crippen molar-refractivity contribution < 1.29 is 0 Å². The Kier molecular flexibility index (Phi) is 6.26. The normalized spacial score (nSPS) is 14.2. The summed E-state index contributed by atoms with van der Waals surface area (Å²) < 4.78 is 2.79. The molecule has 0 aliphatic rings. The van der Waals surface area contributed by atoms with Crippen LogP contribution in [0.2, 0.25) is 39.3 Å². The molecule has 0 bridgehead atoms. The molecule has 0 spiro atoms. The van der Waals surface area contributed by atoms with E-state index in [0.717, 1.165) is 0 Å². The highest BCUT2D eigenvalue weighted by Crippen LogP contribution is 2.29. The Morgan fingerprint density at radius 3 is 1.18 bits per heavy atom. The van der Waals surface area contributed by atoms with Gasteiger partial charge in [0.1, 0.15) is 22.0 Å². The van der Waals surface area contributed by atoms with Gasteiger partial charge in [-0.05, 0) is 28.2 Å². The van der Waals surface area contributed by atoms with E-state index in [2.05, 4.69) is 81.3 Å². The molecule has 3 nitrogen and oxygen atoms in total. The van der Waals surface area contributed by atoms with Gasteiger partial charge in [-0.1, -0.05) is 39.3 Å². The highest BCUT2D eigenvalue weighted by molar-refractivity contribution is 7.44. The number of rotatable bonds is 5. The number of nitrogens with zero attached hydrogens (tertiary/aromatic N) is 3. The highest BCUT2D eigenvalue weighted by Gasteiger charge is 2.34. The van der Waals surface area contributed by atoms with E-state index in [1.165, 1.54) is 13.9 Å². The largest absolute Gasteiger partial charge is 0.298 e. The lowest BCUT2D eigenvalue weighted by molar-refractivity contribution is 0.499. The van der Waals surface area contributed by atoms with Crippen molar-refractivity contribution in [3.63, 3.8) is 0 Å². The first-order chi connectivity index (χ1) is 7.37. The molecule has 17 heavy (non-hydrogen) atoms.